The Hall–Kier alpha value is -1.38. The topological polar surface area (TPSA) is 9.23 Å². The van der Waals surface area contributed by atoms with Crippen LogP contribution in [0, 0.1) is 80.5 Å². The Morgan fingerprint density at radius 2 is 1.09 bits per heavy atom. The van der Waals surface area contributed by atoms with E-state index >= 15 is 0 Å². The van der Waals surface area contributed by atoms with Gasteiger partial charge in [-0.1, -0.05) is 113 Å². The van der Waals surface area contributed by atoms with Crippen molar-refractivity contribution in [2.24, 2.45) is 52.8 Å². The molecule has 6 rings (SSSR count). The second kappa shape index (κ2) is 12.5. The molecule has 0 heterocycles. The Labute approximate surface area is 285 Å². The molecule has 254 valence electrons. The minimum absolute atomic E-state index is 0.231. The maximum absolute atomic E-state index is 6.62. The summed E-state index contributed by atoms with van der Waals surface area (Å²) in [5.41, 5.74) is 11.0. The van der Waals surface area contributed by atoms with Crippen LogP contribution >= 0.6 is 0 Å². The molecule has 0 saturated heterocycles. The van der Waals surface area contributed by atoms with Crippen molar-refractivity contribution in [2.45, 2.75) is 143 Å². The third kappa shape index (κ3) is 6.03. The number of fused-ring (bicyclic) bond motifs is 2. The summed E-state index contributed by atoms with van der Waals surface area (Å²) in [6.07, 6.45) is 7.35. The summed E-state index contributed by atoms with van der Waals surface area (Å²) in [6.45, 7) is 30.5. The van der Waals surface area contributed by atoms with Gasteiger partial charge in [-0.2, -0.15) is 0 Å². The zero-order chi connectivity index (χ0) is 33.5. The summed E-state index contributed by atoms with van der Waals surface area (Å²) in [5.74, 6) is 7.64. The van der Waals surface area contributed by atoms with E-state index in [4.69, 9.17) is 4.74 Å². The van der Waals surface area contributed by atoms with Crippen molar-refractivity contribution < 1.29 is 4.74 Å². The van der Waals surface area contributed by atoms with Gasteiger partial charge in [0.1, 0.15) is 0 Å². The predicted molar refractivity (Wildman–Crippen MR) is 201 cm³/mol. The van der Waals surface area contributed by atoms with Gasteiger partial charge in [-0.05, 0) is 141 Å². The number of methoxy groups -OCH3 is 1. The molecule has 0 N–H and O–H groups in total. The van der Waals surface area contributed by atoms with Crippen molar-refractivity contribution >= 4 is 8.07 Å². The summed E-state index contributed by atoms with van der Waals surface area (Å²) in [5, 5.41) is 0. The van der Waals surface area contributed by atoms with E-state index in [0.717, 1.165) is 58.4 Å². The summed E-state index contributed by atoms with van der Waals surface area (Å²) in [4.78, 5) is 0. The van der Waals surface area contributed by atoms with Gasteiger partial charge in [0.25, 0.3) is 0 Å². The first-order valence-electron chi connectivity index (χ1n) is 19.2. The summed E-state index contributed by atoms with van der Waals surface area (Å²) in [7, 11) is 0.343. The first kappa shape index (κ1) is 34.5. The number of rotatable bonds is 5. The van der Waals surface area contributed by atoms with Crippen molar-refractivity contribution in [1.29, 1.82) is 0 Å². The molecule has 2 aromatic rings. The SMILES string of the molecule is COC1C(c2cc(C)cc(C)c2)C2CC(C)C([Si](C)(C)C3C(C)CC4C(c5cc(C)cc(C)c5)CC(C)CC43)C2CC1C(C)(C)C. The molecule has 0 aliphatic heterocycles. The van der Waals surface area contributed by atoms with Gasteiger partial charge in [0.2, 0.25) is 0 Å². The highest BCUT2D eigenvalue weighted by molar-refractivity contribution is 6.80. The third-order valence-electron chi connectivity index (χ3n) is 14.5. The summed E-state index contributed by atoms with van der Waals surface area (Å²) in [6, 6.07) is 14.9. The van der Waals surface area contributed by atoms with Crippen LogP contribution in [0.1, 0.15) is 119 Å². The van der Waals surface area contributed by atoms with Crippen molar-refractivity contribution in [3.63, 3.8) is 0 Å². The molecular weight excluding hydrogens is 573 g/mol. The van der Waals surface area contributed by atoms with Crippen LogP contribution in [-0.4, -0.2) is 21.3 Å². The number of hydrogen-bond acceptors (Lipinski definition) is 1. The van der Waals surface area contributed by atoms with E-state index in [2.05, 4.69) is 119 Å². The lowest BCUT2D eigenvalue weighted by Gasteiger charge is -2.53. The Bertz CT molecular complexity index is 1360. The van der Waals surface area contributed by atoms with Gasteiger partial charge >= 0.3 is 0 Å². The molecule has 4 aliphatic rings. The van der Waals surface area contributed by atoms with Crippen LogP contribution in [0.25, 0.3) is 0 Å². The standard InChI is InChI=1S/C44H68OSi/c1-25-14-26(2)17-32(16-25)34-20-29(5)21-37-35(34)22-30(6)42(37)46(12,13)43-31(7)23-36-38(43)24-39(44(8,9)10)41(45-11)40(36)33-18-27(3)15-28(4)19-33/h14-19,29-31,34-43H,20-24H2,1-13H3. The smallest absolute Gasteiger partial charge is 0.0675 e. The lowest BCUT2D eigenvalue weighted by atomic mass is 9.59. The van der Waals surface area contributed by atoms with Crippen molar-refractivity contribution in [1.82, 2.24) is 0 Å². The van der Waals surface area contributed by atoms with Gasteiger partial charge in [-0.3, -0.25) is 0 Å². The molecule has 4 fully saturated rings. The normalized spacial score (nSPS) is 39.7. The highest BCUT2D eigenvalue weighted by atomic mass is 28.3. The molecule has 2 heteroatoms. The van der Waals surface area contributed by atoms with Crippen LogP contribution in [0.4, 0.5) is 0 Å². The van der Waals surface area contributed by atoms with Gasteiger partial charge in [-0.15, -0.1) is 0 Å². The zero-order valence-corrected chi connectivity index (χ0v) is 32.9. The minimum Gasteiger partial charge on any atom is -0.381 e. The fraction of sp³-hybridized carbons (Fsp3) is 0.727. The average molecular weight is 641 g/mol. The molecule has 4 aliphatic carbocycles. The molecule has 1 nitrogen and oxygen atoms in total. The molecule has 0 radical (unpaired) electrons. The molecule has 0 amide bonds. The lowest BCUT2D eigenvalue weighted by Crippen LogP contribution is -2.51. The van der Waals surface area contributed by atoms with Crippen LogP contribution in [0.15, 0.2) is 36.4 Å². The summed E-state index contributed by atoms with van der Waals surface area (Å²) < 4.78 is 6.62. The molecular formula is C44H68OSi. The highest BCUT2D eigenvalue weighted by Crippen LogP contribution is 2.69. The van der Waals surface area contributed by atoms with E-state index in [0.29, 0.717) is 17.9 Å². The first-order chi connectivity index (χ1) is 21.5. The molecule has 13 atom stereocenters. The van der Waals surface area contributed by atoms with E-state index in [9.17, 15) is 0 Å². The molecule has 4 saturated carbocycles. The quantitative estimate of drug-likeness (QED) is 0.295. The Balaban J connectivity index is 1.38. The lowest BCUT2D eigenvalue weighted by molar-refractivity contribution is -0.0690. The number of ether oxygens (including phenoxy) is 1. The van der Waals surface area contributed by atoms with E-state index in [1.54, 1.807) is 11.1 Å². The van der Waals surface area contributed by atoms with Crippen LogP contribution in [0.2, 0.25) is 24.2 Å². The zero-order valence-electron chi connectivity index (χ0n) is 31.9. The van der Waals surface area contributed by atoms with E-state index in [1.165, 1.54) is 54.4 Å². The first-order valence-corrected chi connectivity index (χ1v) is 22.4. The fourth-order valence-corrected chi connectivity index (χ4v) is 20.3. The van der Waals surface area contributed by atoms with E-state index in [-0.39, 0.29) is 5.41 Å². The van der Waals surface area contributed by atoms with Crippen LogP contribution < -0.4 is 0 Å². The maximum Gasteiger partial charge on any atom is 0.0675 e. The average Bonchev–Trinajstić information content (AvgIpc) is 3.45. The van der Waals surface area contributed by atoms with E-state index < -0.39 is 8.07 Å². The van der Waals surface area contributed by atoms with Gasteiger partial charge < -0.3 is 4.74 Å². The second-order valence-electron chi connectivity index (χ2n) is 19.4. The summed E-state index contributed by atoms with van der Waals surface area (Å²) >= 11 is 0. The molecule has 46 heavy (non-hydrogen) atoms. The largest absolute Gasteiger partial charge is 0.381 e. The van der Waals surface area contributed by atoms with Crippen molar-refractivity contribution in [3.05, 3.63) is 69.8 Å². The van der Waals surface area contributed by atoms with Crippen LogP contribution in [0.5, 0.6) is 0 Å². The van der Waals surface area contributed by atoms with Gasteiger partial charge in [-0.25, -0.2) is 0 Å². The Morgan fingerprint density at radius 1 is 0.609 bits per heavy atom. The Kier molecular flexibility index (Phi) is 9.37. The van der Waals surface area contributed by atoms with Crippen LogP contribution in [-0.2, 0) is 4.74 Å². The molecule has 2 aromatic carbocycles. The molecule has 13 unspecified atom stereocenters. The maximum atomic E-state index is 6.62. The fourth-order valence-electron chi connectivity index (χ4n) is 13.7. The molecule has 0 aromatic heterocycles. The third-order valence-corrected chi connectivity index (χ3v) is 20.0. The van der Waals surface area contributed by atoms with Gasteiger partial charge in [0, 0.05) is 13.0 Å². The molecule has 0 bridgehead atoms. The van der Waals surface area contributed by atoms with Crippen molar-refractivity contribution in [3.8, 4) is 0 Å². The van der Waals surface area contributed by atoms with Crippen LogP contribution in [0.3, 0.4) is 0 Å². The number of aryl methyl sites for hydroxylation is 4. The predicted octanol–water partition coefficient (Wildman–Crippen LogP) is 12.3. The number of benzene rings is 2. The second-order valence-corrected chi connectivity index (χ2v) is 24.4. The monoisotopic (exact) mass is 641 g/mol. The number of hydrogen-bond donors (Lipinski definition) is 0. The Morgan fingerprint density at radius 3 is 1.59 bits per heavy atom. The van der Waals surface area contributed by atoms with Gasteiger partial charge in [0.15, 0.2) is 0 Å². The van der Waals surface area contributed by atoms with Gasteiger partial charge in [0.05, 0.1) is 14.2 Å². The van der Waals surface area contributed by atoms with E-state index in [1.807, 2.05) is 7.11 Å². The molecule has 0 spiro atoms. The minimum atomic E-state index is -1.68. The highest BCUT2D eigenvalue weighted by Gasteiger charge is 2.62. The van der Waals surface area contributed by atoms with Crippen molar-refractivity contribution in [2.75, 3.05) is 7.11 Å².